The van der Waals surface area contributed by atoms with Crippen molar-refractivity contribution in [2.45, 2.75) is 6.10 Å². The van der Waals surface area contributed by atoms with Gasteiger partial charge in [-0.25, -0.2) is 4.39 Å². The second kappa shape index (κ2) is 4.04. The summed E-state index contributed by atoms with van der Waals surface area (Å²) in [6.45, 7) is 1.50. The molecule has 0 aliphatic carbocycles. The Bertz CT molecular complexity index is 357. The Balaban J connectivity index is 2.25. The molecule has 0 saturated carbocycles. The number of benzene rings is 1. The van der Waals surface area contributed by atoms with E-state index in [2.05, 4.69) is 21.2 Å². The number of nitrogens with one attached hydrogen (secondary N) is 1. The normalized spacial score (nSPS) is 16.5. The minimum atomic E-state index is -0.507. The Labute approximate surface area is 94.5 Å². The first-order valence-corrected chi connectivity index (χ1v) is 5.36. The quantitative estimate of drug-likeness (QED) is 0.841. The van der Waals surface area contributed by atoms with Crippen LogP contribution in [0.3, 0.4) is 0 Å². The van der Waals surface area contributed by atoms with Crippen LogP contribution in [0, 0.1) is 5.82 Å². The van der Waals surface area contributed by atoms with Gasteiger partial charge in [0.15, 0.2) is 11.6 Å². The molecule has 0 bridgehead atoms. The molecule has 1 aliphatic heterocycles. The third-order valence-corrected chi connectivity index (χ3v) is 2.95. The molecule has 1 heterocycles. The SMILES string of the molecule is Fc1c(Cl)ccc(Br)c1OC1CNC1. The fraction of sp³-hybridized carbons (Fsp3) is 0.333. The van der Waals surface area contributed by atoms with E-state index in [1.165, 1.54) is 6.07 Å². The van der Waals surface area contributed by atoms with Gasteiger partial charge in [0.2, 0.25) is 0 Å². The van der Waals surface area contributed by atoms with Crippen LogP contribution in [-0.4, -0.2) is 19.2 Å². The van der Waals surface area contributed by atoms with E-state index in [9.17, 15) is 4.39 Å². The molecule has 0 radical (unpaired) electrons. The summed E-state index contributed by atoms with van der Waals surface area (Å²) >= 11 is 8.86. The highest BCUT2D eigenvalue weighted by atomic mass is 79.9. The lowest BCUT2D eigenvalue weighted by molar-refractivity contribution is 0.135. The van der Waals surface area contributed by atoms with Crippen LogP contribution in [0.5, 0.6) is 5.75 Å². The van der Waals surface area contributed by atoms with Gasteiger partial charge in [0.05, 0.1) is 9.50 Å². The zero-order chi connectivity index (χ0) is 10.1. The summed E-state index contributed by atoms with van der Waals surface area (Å²) in [4.78, 5) is 0. The monoisotopic (exact) mass is 279 g/mol. The summed E-state index contributed by atoms with van der Waals surface area (Å²) in [5.74, 6) is -0.308. The van der Waals surface area contributed by atoms with E-state index in [1.54, 1.807) is 6.07 Å². The van der Waals surface area contributed by atoms with Crippen LogP contribution in [0.2, 0.25) is 5.02 Å². The van der Waals surface area contributed by atoms with Gasteiger partial charge in [0, 0.05) is 13.1 Å². The Morgan fingerprint density at radius 1 is 1.50 bits per heavy atom. The Hall–Kier alpha value is -0.320. The lowest BCUT2D eigenvalue weighted by Crippen LogP contribution is -2.50. The van der Waals surface area contributed by atoms with Crippen molar-refractivity contribution in [2.75, 3.05) is 13.1 Å². The molecule has 0 aromatic heterocycles. The lowest BCUT2D eigenvalue weighted by atomic mass is 10.2. The average Bonchev–Trinajstić information content (AvgIpc) is 2.09. The Morgan fingerprint density at radius 2 is 2.21 bits per heavy atom. The Morgan fingerprint density at radius 3 is 2.79 bits per heavy atom. The zero-order valence-corrected chi connectivity index (χ0v) is 9.53. The van der Waals surface area contributed by atoms with Gasteiger partial charge in [-0.3, -0.25) is 0 Å². The molecule has 1 aromatic carbocycles. The van der Waals surface area contributed by atoms with E-state index in [4.69, 9.17) is 16.3 Å². The molecule has 0 spiro atoms. The first-order chi connectivity index (χ1) is 6.68. The molecular formula is C9H8BrClFNO. The number of ether oxygens (including phenoxy) is 1. The molecule has 2 nitrogen and oxygen atoms in total. The van der Waals surface area contributed by atoms with Gasteiger partial charge in [-0.15, -0.1) is 0 Å². The highest BCUT2D eigenvalue weighted by Crippen LogP contribution is 2.33. The van der Waals surface area contributed by atoms with Crippen LogP contribution < -0.4 is 10.1 Å². The van der Waals surface area contributed by atoms with Crippen molar-refractivity contribution in [1.29, 1.82) is 0 Å². The second-order valence-corrected chi connectivity index (χ2v) is 4.33. The van der Waals surface area contributed by atoms with Crippen molar-refractivity contribution in [3.05, 3.63) is 27.4 Å². The van der Waals surface area contributed by atoms with Gasteiger partial charge < -0.3 is 10.1 Å². The highest BCUT2D eigenvalue weighted by molar-refractivity contribution is 9.10. The topological polar surface area (TPSA) is 21.3 Å². The third kappa shape index (κ3) is 1.87. The maximum atomic E-state index is 13.5. The Kier molecular flexibility index (Phi) is 2.95. The second-order valence-electron chi connectivity index (χ2n) is 3.07. The molecule has 5 heteroatoms. The fourth-order valence-corrected chi connectivity index (χ4v) is 1.68. The maximum absolute atomic E-state index is 13.5. The maximum Gasteiger partial charge on any atom is 0.184 e. The molecule has 0 amide bonds. The molecule has 1 aromatic rings. The number of halogens is 3. The zero-order valence-electron chi connectivity index (χ0n) is 7.19. The van der Waals surface area contributed by atoms with Crippen LogP contribution in [0.1, 0.15) is 0 Å². The van der Waals surface area contributed by atoms with E-state index in [1.807, 2.05) is 0 Å². The van der Waals surface area contributed by atoms with Gasteiger partial charge in [-0.1, -0.05) is 11.6 Å². The van der Waals surface area contributed by atoms with Crippen molar-refractivity contribution in [3.63, 3.8) is 0 Å². The van der Waals surface area contributed by atoms with Crippen molar-refractivity contribution < 1.29 is 9.13 Å². The first-order valence-electron chi connectivity index (χ1n) is 4.19. The van der Waals surface area contributed by atoms with E-state index in [-0.39, 0.29) is 16.9 Å². The predicted octanol–water partition coefficient (Wildman–Crippen LogP) is 2.59. The van der Waals surface area contributed by atoms with E-state index < -0.39 is 5.82 Å². The third-order valence-electron chi connectivity index (χ3n) is 2.03. The summed E-state index contributed by atoms with van der Waals surface area (Å²) < 4.78 is 19.5. The lowest BCUT2D eigenvalue weighted by Gasteiger charge is -2.28. The van der Waals surface area contributed by atoms with E-state index in [0.29, 0.717) is 4.47 Å². The van der Waals surface area contributed by atoms with Crippen LogP contribution in [0.4, 0.5) is 4.39 Å². The molecule has 1 saturated heterocycles. The van der Waals surface area contributed by atoms with Gasteiger partial charge >= 0.3 is 0 Å². The smallest absolute Gasteiger partial charge is 0.184 e. The van der Waals surface area contributed by atoms with E-state index in [0.717, 1.165) is 13.1 Å². The van der Waals surface area contributed by atoms with Crippen LogP contribution in [0.25, 0.3) is 0 Å². The summed E-state index contributed by atoms with van der Waals surface area (Å²) in [7, 11) is 0. The largest absolute Gasteiger partial charge is 0.483 e. The van der Waals surface area contributed by atoms with Crippen molar-refractivity contribution >= 4 is 27.5 Å². The molecule has 76 valence electrons. The van der Waals surface area contributed by atoms with Gasteiger partial charge in [0.1, 0.15) is 6.10 Å². The van der Waals surface area contributed by atoms with Crippen LogP contribution >= 0.6 is 27.5 Å². The van der Waals surface area contributed by atoms with Crippen LogP contribution in [-0.2, 0) is 0 Å². The highest BCUT2D eigenvalue weighted by Gasteiger charge is 2.22. The van der Waals surface area contributed by atoms with Gasteiger partial charge in [-0.2, -0.15) is 0 Å². The predicted molar refractivity (Wildman–Crippen MR) is 56.4 cm³/mol. The molecule has 14 heavy (non-hydrogen) atoms. The average molecular weight is 281 g/mol. The first kappa shape index (κ1) is 10.2. The van der Waals surface area contributed by atoms with Crippen molar-refractivity contribution in [2.24, 2.45) is 0 Å². The van der Waals surface area contributed by atoms with Crippen LogP contribution in [0.15, 0.2) is 16.6 Å². The fourth-order valence-electron chi connectivity index (χ4n) is 1.13. The van der Waals surface area contributed by atoms with Gasteiger partial charge in [0.25, 0.3) is 0 Å². The van der Waals surface area contributed by atoms with Crippen molar-refractivity contribution in [3.8, 4) is 5.75 Å². The molecular weight excluding hydrogens is 272 g/mol. The standard InChI is InChI=1S/C9H8BrClFNO/c10-6-1-2-7(11)8(12)9(6)14-5-3-13-4-5/h1-2,5,13H,3-4H2. The minimum absolute atomic E-state index is 0.0410. The number of hydrogen-bond donors (Lipinski definition) is 1. The summed E-state index contributed by atoms with van der Waals surface area (Å²) in [5, 5.41) is 3.12. The summed E-state index contributed by atoms with van der Waals surface area (Å²) in [6, 6.07) is 3.17. The molecule has 0 unspecified atom stereocenters. The molecule has 1 N–H and O–H groups in total. The molecule has 2 rings (SSSR count). The summed E-state index contributed by atoms with van der Waals surface area (Å²) in [5.41, 5.74) is 0. The molecule has 1 aliphatic rings. The minimum Gasteiger partial charge on any atom is -0.483 e. The van der Waals surface area contributed by atoms with Gasteiger partial charge in [-0.05, 0) is 28.1 Å². The number of hydrogen-bond acceptors (Lipinski definition) is 2. The summed E-state index contributed by atoms with van der Waals surface area (Å²) in [6.07, 6.45) is 0.0410. The molecule has 0 atom stereocenters. The van der Waals surface area contributed by atoms with Crippen molar-refractivity contribution in [1.82, 2.24) is 5.32 Å². The number of rotatable bonds is 2. The molecule has 1 fully saturated rings. The van der Waals surface area contributed by atoms with E-state index >= 15 is 0 Å².